The Morgan fingerprint density at radius 3 is 2.20 bits per heavy atom. The molecular formula is C28H39N3O3S. The monoisotopic (exact) mass is 497 g/mol. The van der Waals surface area contributed by atoms with E-state index in [0.717, 1.165) is 54.7 Å². The summed E-state index contributed by atoms with van der Waals surface area (Å²) in [5.74, 6) is -0.0558. The van der Waals surface area contributed by atoms with Crippen LogP contribution in [0.1, 0.15) is 53.5 Å². The van der Waals surface area contributed by atoms with Crippen LogP contribution in [0.3, 0.4) is 0 Å². The number of amides is 1. The number of hydrogen-bond donors (Lipinski definition) is 1. The zero-order valence-electron chi connectivity index (χ0n) is 21.5. The summed E-state index contributed by atoms with van der Waals surface area (Å²) in [6, 6.07) is 12.6. The highest BCUT2D eigenvalue weighted by atomic mass is 32.2. The maximum absolute atomic E-state index is 13.5. The van der Waals surface area contributed by atoms with Crippen LogP contribution in [0, 0.1) is 33.6 Å². The summed E-state index contributed by atoms with van der Waals surface area (Å²) in [5.41, 5.74) is 4.93. The lowest BCUT2D eigenvalue weighted by molar-refractivity contribution is -0.127. The Hall–Kier alpha value is -2.22. The second-order valence-corrected chi connectivity index (χ2v) is 12.2. The van der Waals surface area contributed by atoms with Crippen molar-refractivity contribution in [2.24, 2.45) is 5.92 Å². The van der Waals surface area contributed by atoms with Gasteiger partial charge in [0.05, 0.1) is 4.90 Å². The molecule has 1 N–H and O–H groups in total. The van der Waals surface area contributed by atoms with Gasteiger partial charge in [-0.25, -0.2) is 8.42 Å². The van der Waals surface area contributed by atoms with Crippen LogP contribution in [-0.4, -0.2) is 55.8 Å². The van der Waals surface area contributed by atoms with Crippen LogP contribution in [0.15, 0.2) is 41.3 Å². The minimum Gasteiger partial charge on any atom is -0.352 e. The topological polar surface area (TPSA) is 69.7 Å². The second kappa shape index (κ2) is 10.8. The van der Waals surface area contributed by atoms with E-state index >= 15 is 0 Å². The molecule has 1 amide bonds. The highest BCUT2D eigenvalue weighted by Crippen LogP contribution is 2.31. The number of sulfonamides is 1. The number of benzene rings is 2. The molecule has 190 valence electrons. The van der Waals surface area contributed by atoms with Crippen LogP contribution in [0.5, 0.6) is 0 Å². The van der Waals surface area contributed by atoms with Crippen molar-refractivity contribution in [3.63, 3.8) is 0 Å². The molecule has 1 atom stereocenters. The van der Waals surface area contributed by atoms with Gasteiger partial charge in [0.15, 0.2) is 0 Å². The molecule has 2 aromatic carbocycles. The normalized spacial score (nSPS) is 20.6. The largest absolute Gasteiger partial charge is 0.352 e. The van der Waals surface area contributed by atoms with E-state index in [1.54, 1.807) is 4.31 Å². The number of aryl methyl sites for hydroxylation is 2. The van der Waals surface area contributed by atoms with Gasteiger partial charge in [-0.3, -0.25) is 9.69 Å². The number of likely N-dealkylation sites (tertiary alicyclic amines) is 1. The summed E-state index contributed by atoms with van der Waals surface area (Å²) in [4.78, 5) is 15.9. The highest BCUT2D eigenvalue weighted by Gasteiger charge is 2.35. The quantitative estimate of drug-likeness (QED) is 0.652. The first-order valence-corrected chi connectivity index (χ1v) is 14.2. The molecule has 4 rings (SSSR count). The molecule has 0 aromatic heterocycles. The Morgan fingerprint density at radius 2 is 1.57 bits per heavy atom. The Morgan fingerprint density at radius 1 is 0.943 bits per heavy atom. The molecule has 6 nitrogen and oxygen atoms in total. The van der Waals surface area contributed by atoms with Crippen molar-refractivity contribution in [2.75, 3.05) is 26.2 Å². The molecule has 0 aliphatic carbocycles. The van der Waals surface area contributed by atoms with Crippen molar-refractivity contribution in [3.05, 3.63) is 64.2 Å². The molecule has 2 aliphatic rings. The average molecular weight is 498 g/mol. The first-order chi connectivity index (χ1) is 16.7. The third-order valence-corrected chi connectivity index (χ3v) is 9.99. The molecule has 2 fully saturated rings. The lowest BCUT2D eigenvalue weighted by Gasteiger charge is -2.35. The van der Waals surface area contributed by atoms with Crippen molar-refractivity contribution < 1.29 is 13.2 Å². The summed E-state index contributed by atoms with van der Waals surface area (Å²) in [5, 5.41) is 3.27. The summed E-state index contributed by atoms with van der Waals surface area (Å²) >= 11 is 0. The van der Waals surface area contributed by atoms with Crippen molar-refractivity contribution in [2.45, 2.75) is 70.9 Å². The fourth-order valence-electron chi connectivity index (χ4n) is 5.53. The number of piperidine rings is 2. The van der Waals surface area contributed by atoms with E-state index in [1.807, 2.05) is 39.8 Å². The lowest BCUT2D eigenvalue weighted by Crippen LogP contribution is -2.50. The first kappa shape index (κ1) is 25.9. The van der Waals surface area contributed by atoms with E-state index in [2.05, 4.69) is 34.5 Å². The minimum atomic E-state index is -3.59. The molecule has 0 spiro atoms. The third-order valence-electron chi connectivity index (χ3n) is 7.82. The number of rotatable bonds is 6. The van der Waals surface area contributed by atoms with E-state index in [0.29, 0.717) is 30.8 Å². The van der Waals surface area contributed by atoms with Crippen LogP contribution in [-0.2, 0) is 21.4 Å². The number of hydrogen-bond acceptors (Lipinski definition) is 4. The van der Waals surface area contributed by atoms with Crippen LogP contribution in [0.25, 0.3) is 0 Å². The zero-order valence-corrected chi connectivity index (χ0v) is 22.3. The molecule has 2 aliphatic heterocycles. The minimum absolute atomic E-state index is 0.0763. The molecule has 7 heteroatoms. The van der Waals surface area contributed by atoms with Crippen molar-refractivity contribution >= 4 is 15.9 Å². The number of nitrogens with one attached hydrogen (secondary N) is 1. The van der Waals surface area contributed by atoms with Gasteiger partial charge in [-0.2, -0.15) is 4.31 Å². The molecule has 35 heavy (non-hydrogen) atoms. The summed E-state index contributed by atoms with van der Waals surface area (Å²) < 4.78 is 28.6. The molecule has 2 saturated heterocycles. The van der Waals surface area contributed by atoms with Gasteiger partial charge < -0.3 is 5.32 Å². The summed E-state index contributed by atoms with van der Waals surface area (Å²) in [6.07, 6.45) is 3.20. The molecule has 1 unspecified atom stereocenters. The molecule has 2 heterocycles. The Balaban J connectivity index is 1.34. The van der Waals surface area contributed by atoms with Gasteiger partial charge in [0, 0.05) is 38.1 Å². The second-order valence-electron chi connectivity index (χ2n) is 10.3. The van der Waals surface area contributed by atoms with Gasteiger partial charge >= 0.3 is 0 Å². The standard InChI is InChI=1S/C28H39N3O3S/c1-20-17-21(2)23(4)27(22(20)3)35(33,34)31-15-12-25(13-16-31)28(32)29-26-11-8-14-30(19-26)18-24-9-6-5-7-10-24/h5-7,9-10,17,25-26H,8,11-16,18-19H2,1-4H3,(H,29,32). The summed E-state index contributed by atoms with van der Waals surface area (Å²) in [6.45, 7) is 11.3. The van der Waals surface area contributed by atoms with Gasteiger partial charge in [-0.05, 0) is 87.7 Å². The van der Waals surface area contributed by atoms with E-state index in [-0.39, 0.29) is 17.9 Å². The molecule has 0 radical (unpaired) electrons. The lowest BCUT2D eigenvalue weighted by atomic mass is 9.96. The average Bonchev–Trinajstić information content (AvgIpc) is 2.84. The molecule has 2 aromatic rings. The molecular weight excluding hydrogens is 458 g/mol. The van der Waals surface area contributed by atoms with Gasteiger partial charge in [0.2, 0.25) is 15.9 Å². The van der Waals surface area contributed by atoms with Crippen molar-refractivity contribution in [1.29, 1.82) is 0 Å². The van der Waals surface area contributed by atoms with E-state index in [9.17, 15) is 13.2 Å². The van der Waals surface area contributed by atoms with Crippen molar-refractivity contribution in [1.82, 2.24) is 14.5 Å². The predicted molar refractivity (Wildman–Crippen MR) is 140 cm³/mol. The van der Waals surface area contributed by atoms with Gasteiger partial charge in [0.1, 0.15) is 0 Å². The van der Waals surface area contributed by atoms with Crippen LogP contribution in [0.4, 0.5) is 0 Å². The Labute approximate surface area is 210 Å². The van der Waals surface area contributed by atoms with Crippen LogP contribution >= 0.6 is 0 Å². The van der Waals surface area contributed by atoms with Crippen LogP contribution < -0.4 is 5.32 Å². The number of carbonyl (C=O) groups is 1. The van der Waals surface area contributed by atoms with Crippen molar-refractivity contribution in [3.8, 4) is 0 Å². The summed E-state index contributed by atoms with van der Waals surface area (Å²) in [7, 11) is -3.59. The molecule has 0 bridgehead atoms. The predicted octanol–water partition coefficient (Wildman–Crippen LogP) is 4.10. The fourth-order valence-corrected chi connectivity index (χ4v) is 7.58. The Kier molecular flexibility index (Phi) is 7.99. The first-order valence-electron chi connectivity index (χ1n) is 12.8. The SMILES string of the molecule is Cc1cc(C)c(C)c(S(=O)(=O)N2CCC(C(=O)NC3CCCN(Cc4ccccc4)C3)CC2)c1C. The van der Waals surface area contributed by atoms with Crippen LogP contribution in [0.2, 0.25) is 0 Å². The van der Waals surface area contributed by atoms with E-state index in [1.165, 1.54) is 5.56 Å². The van der Waals surface area contributed by atoms with Gasteiger partial charge in [0.25, 0.3) is 0 Å². The maximum atomic E-state index is 13.5. The molecule has 0 saturated carbocycles. The Bertz CT molecular complexity index is 1130. The smallest absolute Gasteiger partial charge is 0.243 e. The van der Waals surface area contributed by atoms with E-state index < -0.39 is 10.0 Å². The fraction of sp³-hybridized carbons (Fsp3) is 0.536. The number of nitrogens with zero attached hydrogens (tertiary/aromatic N) is 2. The van der Waals surface area contributed by atoms with E-state index in [4.69, 9.17) is 0 Å². The van der Waals surface area contributed by atoms with Gasteiger partial charge in [-0.15, -0.1) is 0 Å². The maximum Gasteiger partial charge on any atom is 0.243 e. The third kappa shape index (κ3) is 5.79. The van der Waals surface area contributed by atoms with Gasteiger partial charge in [-0.1, -0.05) is 36.4 Å². The number of carbonyl (C=O) groups excluding carboxylic acids is 1. The zero-order chi connectivity index (χ0) is 25.2. The highest BCUT2D eigenvalue weighted by molar-refractivity contribution is 7.89.